The zero-order valence-electron chi connectivity index (χ0n) is 22.7. The van der Waals surface area contributed by atoms with E-state index in [4.69, 9.17) is 9.72 Å². The molecule has 8 heteroatoms. The van der Waals surface area contributed by atoms with Gasteiger partial charge in [0, 0.05) is 69.7 Å². The van der Waals surface area contributed by atoms with Gasteiger partial charge in [-0.05, 0) is 46.9 Å². The van der Waals surface area contributed by atoms with Gasteiger partial charge in [-0.3, -0.25) is 9.80 Å². The molecule has 1 saturated heterocycles. The SMILES string of the molecule is COCCN1CCN(Cc2cccc(Nc3ncc4c(n3)-c3ccccc3C(c3ccccc3F)C4)c2)CC1.Cl. The highest BCUT2D eigenvalue weighted by Crippen LogP contribution is 2.42. The summed E-state index contributed by atoms with van der Waals surface area (Å²) < 4.78 is 20.0. The Morgan fingerprint density at radius 2 is 1.68 bits per heavy atom. The number of hydrogen-bond donors (Lipinski definition) is 1. The smallest absolute Gasteiger partial charge is 0.227 e. The summed E-state index contributed by atoms with van der Waals surface area (Å²) in [5.74, 6) is 0.334. The molecule has 1 aliphatic carbocycles. The first-order chi connectivity index (χ1) is 19.2. The van der Waals surface area contributed by atoms with E-state index in [-0.39, 0.29) is 24.1 Å². The Bertz CT molecular complexity index is 1440. The third-order valence-corrected chi connectivity index (χ3v) is 7.83. The van der Waals surface area contributed by atoms with Crippen molar-refractivity contribution in [2.24, 2.45) is 0 Å². The van der Waals surface area contributed by atoms with E-state index >= 15 is 0 Å². The number of nitrogens with one attached hydrogen (secondary N) is 1. The molecule has 1 fully saturated rings. The van der Waals surface area contributed by atoms with E-state index in [2.05, 4.69) is 56.5 Å². The Hall–Kier alpha value is -3.36. The lowest BCUT2D eigenvalue weighted by molar-refractivity contribution is 0.0938. The van der Waals surface area contributed by atoms with E-state index in [0.29, 0.717) is 17.9 Å². The van der Waals surface area contributed by atoms with E-state index in [1.54, 1.807) is 13.2 Å². The maximum atomic E-state index is 14.7. The molecular formula is C32H35ClFN5O. The minimum Gasteiger partial charge on any atom is -0.383 e. The standard InChI is InChI=1S/C32H34FN5O.ClH/c1-39-18-17-37-13-15-38(16-14-37)22-23-7-6-8-25(19-23)35-32-34-21-24-20-29(27-10-4-5-12-30(27)33)26-9-2-3-11-28(26)31(24)36-32;/h2-12,19,21,29H,13-18,20,22H2,1H3,(H,34,35,36);1H. The van der Waals surface area contributed by atoms with Crippen LogP contribution in [-0.2, 0) is 17.7 Å². The summed E-state index contributed by atoms with van der Waals surface area (Å²) in [6, 6.07) is 23.7. The average molecular weight is 560 g/mol. The van der Waals surface area contributed by atoms with Gasteiger partial charge in [0.25, 0.3) is 0 Å². The molecular weight excluding hydrogens is 525 g/mol. The fraction of sp³-hybridized carbons (Fsp3) is 0.312. The summed E-state index contributed by atoms with van der Waals surface area (Å²) in [7, 11) is 1.76. The maximum Gasteiger partial charge on any atom is 0.227 e. The minimum absolute atomic E-state index is 0. The molecule has 1 aromatic heterocycles. The topological polar surface area (TPSA) is 53.5 Å². The number of nitrogens with zero attached hydrogens (tertiary/aromatic N) is 4. The van der Waals surface area contributed by atoms with Crippen LogP contribution in [0, 0.1) is 5.82 Å². The molecule has 1 atom stereocenters. The lowest BCUT2D eigenvalue weighted by Gasteiger charge is -2.34. The number of hydrogen-bond acceptors (Lipinski definition) is 6. The summed E-state index contributed by atoms with van der Waals surface area (Å²) in [6.45, 7) is 6.97. The predicted octanol–water partition coefficient (Wildman–Crippen LogP) is 5.90. The third-order valence-electron chi connectivity index (χ3n) is 7.83. The van der Waals surface area contributed by atoms with Crippen molar-refractivity contribution in [1.82, 2.24) is 19.8 Å². The van der Waals surface area contributed by atoms with Crippen LogP contribution >= 0.6 is 12.4 Å². The van der Waals surface area contributed by atoms with Crippen LogP contribution in [-0.4, -0.2) is 66.2 Å². The van der Waals surface area contributed by atoms with Crippen molar-refractivity contribution in [1.29, 1.82) is 0 Å². The highest BCUT2D eigenvalue weighted by atomic mass is 35.5. The van der Waals surface area contributed by atoms with E-state index in [1.807, 2.05) is 30.5 Å². The van der Waals surface area contributed by atoms with E-state index in [0.717, 1.165) is 73.9 Å². The van der Waals surface area contributed by atoms with Gasteiger partial charge in [0.05, 0.1) is 12.3 Å². The van der Waals surface area contributed by atoms with Gasteiger partial charge in [0.15, 0.2) is 0 Å². The molecule has 6 nitrogen and oxygen atoms in total. The van der Waals surface area contributed by atoms with Gasteiger partial charge < -0.3 is 10.1 Å². The second-order valence-corrected chi connectivity index (χ2v) is 10.4. The zero-order valence-corrected chi connectivity index (χ0v) is 23.5. The Kier molecular flexibility index (Phi) is 9.07. The van der Waals surface area contributed by atoms with Crippen LogP contribution in [0.5, 0.6) is 0 Å². The summed E-state index contributed by atoms with van der Waals surface area (Å²) in [4.78, 5) is 14.5. The van der Waals surface area contributed by atoms with Crippen LogP contribution in [0.15, 0.2) is 79.0 Å². The molecule has 208 valence electrons. The van der Waals surface area contributed by atoms with Crippen molar-refractivity contribution in [3.63, 3.8) is 0 Å². The fourth-order valence-corrected chi connectivity index (χ4v) is 5.76. The van der Waals surface area contributed by atoms with Crippen molar-refractivity contribution < 1.29 is 9.13 Å². The Morgan fingerprint density at radius 1 is 0.925 bits per heavy atom. The van der Waals surface area contributed by atoms with E-state index in [9.17, 15) is 4.39 Å². The molecule has 0 saturated carbocycles. The number of ether oxygens (including phenoxy) is 1. The average Bonchev–Trinajstić information content (AvgIpc) is 2.97. The van der Waals surface area contributed by atoms with Crippen LogP contribution in [0.3, 0.4) is 0 Å². The molecule has 1 unspecified atom stereocenters. The molecule has 0 radical (unpaired) electrons. The monoisotopic (exact) mass is 559 g/mol. The fourth-order valence-electron chi connectivity index (χ4n) is 5.76. The second-order valence-electron chi connectivity index (χ2n) is 10.4. The van der Waals surface area contributed by atoms with Gasteiger partial charge in [-0.1, -0.05) is 54.6 Å². The molecule has 3 aromatic carbocycles. The van der Waals surface area contributed by atoms with Crippen LogP contribution < -0.4 is 5.32 Å². The lowest BCUT2D eigenvalue weighted by atomic mass is 9.78. The lowest BCUT2D eigenvalue weighted by Crippen LogP contribution is -2.46. The number of methoxy groups -OCH3 is 1. The largest absolute Gasteiger partial charge is 0.383 e. The number of halogens is 2. The highest BCUT2D eigenvalue weighted by molar-refractivity contribution is 5.85. The second kappa shape index (κ2) is 12.9. The zero-order chi connectivity index (χ0) is 26.6. The first-order valence-electron chi connectivity index (χ1n) is 13.7. The van der Waals surface area contributed by atoms with Gasteiger partial charge in [0.2, 0.25) is 5.95 Å². The molecule has 40 heavy (non-hydrogen) atoms. The number of aromatic nitrogens is 2. The van der Waals surface area contributed by atoms with Gasteiger partial charge in [-0.15, -0.1) is 12.4 Å². The number of rotatable bonds is 8. The quantitative estimate of drug-likeness (QED) is 0.290. The molecule has 0 spiro atoms. The molecule has 1 aliphatic heterocycles. The Morgan fingerprint density at radius 3 is 2.48 bits per heavy atom. The minimum atomic E-state index is -0.173. The first kappa shape index (κ1) is 28.2. The number of benzene rings is 3. The number of anilines is 2. The Labute approximate surface area is 241 Å². The molecule has 4 aromatic rings. The van der Waals surface area contributed by atoms with Crippen LogP contribution in [0.4, 0.5) is 16.0 Å². The molecule has 2 heterocycles. The van der Waals surface area contributed by atoms with E-state index in [1.165, 1.54) is 11.6 Å². The summed E-state index contributed by atoms with van der Waals surface area (Å²) in [5.41, 5.74) is 7.04. The van der Waals surface area contributed by atoms with Gasteiger partial charge in [-0.2, -0.15) is 0 Å². The molecule has 1 N–H and O–H groups in total. The van der Waals surface area contributed by atoms with Crippen molar-refractivity contribution in [3.8, 4) is 11.3 Å². The predicted molar refractivity (Wildman–Crippen MR) is 160 cm³/mol. The van der Waals surface area contributed by atoms with Crippen LogP contribution in [0.25, 0.3) is 11.3 Å². The summed E-state index contributed by atoms with van der Waals surface area (Å²) in [6.07, 6.45) is 2.56. The normalized spacial score (nSPS) is 17.0. The number of piperazine rings is 1. The van der Waals surface area contributed by atoms with Crippen molar-refractivity contribution in [3.05, 3.63) is 107 Å². The highest BCUT2D eigenvalue weighted by Gasteiger charge is 2.29. The summed E-state index contributed by atoms with van der Waals surface area (Å²) in [5, 5.41) is 3.42. The third kappa shape index (κ3) is 6.18. The maximum absolute atomic E-state index is 14.7. The van der Waals surface area contributed by atoms with Gasteiger partial charge in [-0.25, -0.2) is 14.4 Å². The van der Waals surface area contributed by atoms with Crippen molar-refractivity contribution in [2.75, 3.05) is 51.8 Å². The van der Waals surface area contributed by atoms with Gasteiger partial charge >= 0.3 is 0 Å². The van der Waals surface area contributed by atoms with Crippen molar-refractivity contribution in [2.45, 2.75) is 18.9 Å². The summed E-state index contributed by atoms with van der Waals surface area (Å²) >= 11 is 0. The van der Waals surface area contributed by atoms with Crippen molar-refractivity contribution >= 4 is 24.0 Å². The molecule has 2 aliphatic rings. The van der Waals surface area contributed by atoms with Gasteiger partial charge in [0.1, 0.15) is 5.82 Å². The number of fused-ring (bicyclic) bond motifs is 3. The molecule has 0 amide bonds. The first-order valence-corrected chi connectivity index (χ1v) is 13.7. The van der Waals surface area contributed by atoms with E-state index < -0.39 is 0 Å². The Balaban J connectivity index is 0.00000323. The molecule has 0 bridgehead atoms. The van der Waals surface area contributed by atoms with Crippen LogP contribution in [0.1, 0.15) is 28.2 Å². The van der Waals surface area contributed by atoms with Crippen LogP contribution in [0.2, 0.25) is 0 Å². The molecule has 6 rings (SSSR count).